The van der Waals surface area contributed by atoms with Gasteiger partial charge in [0.05, 0.1) is 22.5 Å². The van der Waals surface area contributed by atoms with Gasteiger partial charge in [-0.1, -0.05) is 23.7 Å². The fourth-order valence-electron chi connectivity index (χ4n) is 2.18. The van der Waals surface area contributed by atoms with Crippen molar-refractivity contribution in [2.75, 3.05) is 0 Å². The van der Waals surface area contributed by atoms with Gasteiger partial charge >= 0.3 is 0 Å². The maximum Gasteiger partial charge on any atom is 0.272 e. The Hall–Kier alpha value is -3.58. The van der Waals surface area contributed by atoms with Gasteiger partial charge in [-0.25, -0.2) is 5.43 Å². The third kappa shape index (κ3) is 4.99. The van der Waals surface area contributed by atoms with Crippen LogP contribution in [0.3, 0.4) is 0 Å². The van der Waals surface area contributed by atoms with Crippen molar-refractivity contribution in [2.24, 2.45) is 15.3 Å². The van der Waals surface area contributed by atoms with Crippen molar-refractivity contribution < 1.29 is 9.90 Å². The van der Waals surface area contributed by atoms with Crippen LogP contribution in [-0.2, 0) is 0 Å². The molecule has 8 heteroatoms. The quantitative estimate of drug-likeness (QED) is 0.365. The van der Waals surface area contributed by atoms with E-state index < -0.39 is 5.91 Å². The number of aromatic hydroxyl groups is 1. The SMILES string of the molecule is Cc1ccc(C(=O)N/N=C\c2cc(N=Nc3ccccc3Cl)ccc2O)cn1. The second-order valence-electron chi connectivity index (χ2n) is 5.78. The van der Waals surface area contributed by atoms with Gasteiger partial charge in [0.25, 0.3) is 5.91 Å². The Morgan fingerprint density at radius 1 is 1.14 bits per heavy atom. The predicted octanol–water partition coefficient (Wildman–Crippen LogP) is 4.93. The Morgan fingerprint density at radius 3 is 2.71 bits per heavy atom. The van der Waals surface area contributed by atoms with Gasteiger partial charge in [-0.2, -0.15) is 10.2 Å². The fourth-order valence-corrected chi connectivity index (χ4v) is 2.35. The molecular formula is C20H16ClN5O2. The zero-order valence-electron chi connectivity index (χ0n) is 14.9. The van der Waals surface area contributed by atoms with E-state index in [1.165, 1.54) is 18.5 Å². The number of aryl methyl sites for hydroxylation is 1. The maximum absolute atomic E-state index is 12.0. The van der Waals surface area contributed by atoms with Crippen LogP contribution >= 0.6 is 11.6 Å². The van der Waals surface area contributed by atoms with Crippen LogP contribution in [0.1, 0.15) is 21.6 Å². The number of halogens is 1. The molecule has 0 atom stereocenters. The number of phenolic OH excluding ortho intramolecular Hbond substituents is 1. The number of carbonyl (C=O) groups excluding carboxylic acids is 1. The number of hydrogen-bond donors (Lipinski definition) is 2. The molecule has 0 spiro atoms. The molecule has 0 aliphatic rings. The van der Waals surface area contributed by atoms with E-state index in [0.717, 1.165) is 5.69 Å². The average molecular weight is 394 g/mol. The van der Waals surface area contributed by atoms with Gasteiger partial charge < -0.3 is 5.11 Å². The molecule has 0 aliphatic heterocycles. The molecule has 0 unspecified atom stereocenters. The van der Waals surface area contributed by atoms with Gasteiger partial charge in [-0.05, 0) is 49.4 Å². The van der Waals surface area contributed by atoms with Crippen LogP contribution in [0.5, 0.6) is 5.75 Å². The average Bonchev–Trinajstić information content (AvgIpc) is 2.70. The topological polar surface area (TPSA) is 99.3 Å². The highest BCUT2D eigenvalue weighted by Gasteiger charge is 2.05. The molecular weight excluding hydrogens is 378 g/mol. The molecule has 2 N–H and O–H groups in total. The summed E-state index contributed by atoms with van der Waals surface area (Å²) in [5.41, 5.74) is 4.98. The molecule has 28 heavy (non-hydrogen) atoms. The molecule has 7 nitrogen and oxygen atoms in total. The van der Waals surface area contributed by atoms with Crippen LogP contribution in [0.2, 0.25) is 5.02 Å². The van der Waals surface area contributed by atoms with E-state index in [1.54, 1.807) is 48.5 Å². The zero-order chi connectivity index (χ0) is 19.9. The van der Waals surface area contributed by atoms with Gasteiger partial charge in [0.15, 0.2) is 0 Å². The number of azo groups is 1. The summed E-state index contributed by atoms with van der Waals surface area (Å²) in [6.45, 7) is 1.83. The predicted molar refractivity (Wildman–Crippen MR) is 108 cm³/mol. The highest BCUT2D eigenvalue weighted by atomic mass is 35.5. The Balaban J connectivity index is 1.71. The van der Waals surface area contributed by atoms with E-state index in [-0.39, 0.29) is 5.75 Å². The van der Waals surface area contributed by atoms with Crippen molar-refractivity contribution in [1.82, 2.24) is 10.4 Å². The summed E-state index contributed by atoms with van der Waals surface area (Å²) < 4.78 is 0. The number of nitrogens with zero attached hydrogens (tertiary/aromatic N) is 4. The van der Waals surface area contributed by atoms with Crippen LogP contribution in [0.4, 0.5) is 11.4 Å². The first-order valence-electron chi connectivity index (χ1n) is 8.28. The number of phenols is 1. The normalized spacial score (nSPS) is 11.2. The molecule has 2 aromatic carbocycles. The summed E-state index contributed by atoms with van der Waals surface area (Å²) in [5.74, 6) is -0.413. The molecule has 1 heterocycles. The van der Waals surface area contributed by atoms with Crippen molar-refractivity contribution in [3.05, 3.63) is 82.6 Å². The molecule has 0 aliphatic carbocycles. The van der Waals surface area contributed by atoms with E-state index in [2.05, 4.69) is 25.7 Å². The van der Waals surface area contributed by atoms with E-state index in [4.69, 9.17) is 11.6 Å². The summed E-state index contributed by atoms with van der Waals surface area (Å²) in [4.78, 5) is 16.1. The standard InChI is InChI=1S/C20H16ClN5O2/c1-13-6-7-14(11-22-13)20(28)26-23-12-15-10-16(8-9-19(15)27)24-25-18-5-3-2-4-17(18)21/h2-12,27H,1H3,(H,26,28)/b23-12-,25-24?. The molecule has 1 aromatic heterocycles. The van der Waals surface area contributed by atoms with Gasteiger partial charge in [-0.3, -0.25) is 9.78 Å². The Labute approximate surface area is 166 Å². The fraction of sp³-hybridized carbons (Fsp3) is 0.0500. The first-order valence-corrected chi connectivity index (χ1v) is 8.66. The molecule has 3 rings (SSSR count). The first-order chi connectivity index (χ1) is 13.5. The summed E-state index contributed by atoms with van der Waals surface area (Å²) >= 11 is 6.04. The second-order valence-corrected chi connectivity index (χ2v) is 6.19. The third-order valence-corrected chi connectivity index (χ3v) is 4.00. The summed E-state index contributed by atoms with van der Waals surface area (Å²) in [7, 11) is 0. The molecule has 140 valence electrons. The molecule has 0 fully saturated rings. The minimum absolute atomic E-state index is 0.00769. The van der Waals surface area contributed by atoms with Crippen molar-refractivity contribution in [3.63, 3.8) is 0 Å². The molecule has 0 saturated carbocycles. The number of aromatic nitrogens is 1. The number of hydrogen-bond acceptors (Lipinski definition) is 6. The summed E-state index contributed by atoms with van der Waals surface area (Å²) in [6, 6.07) is 15.1. The number of rotatable bonds is 5. The van der Waals surface area contributed by atoms with Crippen LogP contribution in [0, 0.1) is 6.92 Å². The van der Waals surface area contributed by atoms with Gasteiger partial charge in [-0.15, -0.1) is 5.11 Å². The molecule has 1 amide bonds. The molecule has 0 radical (unpaired) electrons. The highest BCUT2D eigenvalue weighted by Crippen LogP contribution is 2.27. The minimum Gasteiger partial charge on any atom is -0.507 e. The Bertz CT molecular complexity index is 1050. The van der Waals surface area contributed by atoms with Crippen molar-refractivity contribution in [3.8, 4) is 5.75 Å². The zero-order valence-corrected chi connectivity index (χ0v) is 15.6. The van der Waals surface area contributed by atoms with Crippen molar-refractivity contribution >= 4 is 35.1 Å². The number of benzene rings is 2. The summed E-state index contributed by atoms with van der Waals surface area (Å²) in [5, 5.41) is 22.5. The lowest BCUT2D eigenvalue weighted by Gasteiger charge is -2.02. The lowest BCUT2D eigenvalue weighted by Crippen LogP contribution is -2.17. The Morgan fingerprint density at radius 2 is 1.96 bits per heavy atom. The lowest BCUT2D eigenvalue weighted by molar-refractivity contribution is 0.0954. The van der Waals surface area contributed by atoms with Crippen LogP contribution in [0.25, 0.3) is 0 Å². The smallest absolute Gasteiger partial charge is 0.272 e. The number of nitrogens with one attached hydrogen (secondary N) is 1. The van der Waals surface area contributed by atoms with E-state index in [1.807, 2.05) is 6.92 Å². The molecule has 3 aromatic rings. The number of amides is 1. The Kier molecular flexibility index (Phi) is 6.08. The van der Waals surface area contributed by atoms with Crippen LogP contribution in [-0.4, -0.2) is 22.2 Å². The number of hydrazone groups is 1. The van der Waals surface area contributed by atoms with Gasteiger partial charge in [0, 0.05) is 17.5 Å². The summed E-state index contributed by atoms with van der Waals surface area (Å²) in [6.07, 6.45) is 2.79. The second kappa shape index (κ2) is 8.88. The lowest BCUT2D eigenvalue weighted by atomic mass is 10.2. The van der Waals surface area contributed by atoms with Gasteiger partial charge in [0.1, 0.15) is 11.4 Å². The molecule has 0 saturated heterocycles. The largest absolute Gasteiger partial charge is 0.507 e. The molecule has 0 bridgehead atoms. The minimum atomic E-state index is -0.405. The number of carbonyl (C=O) groups is 1. The highest BCUT2D eigenvalue weighted by molar-refractivity contribution is 6.32. The van der Waals surface area contributed by atoms with E-state index in [0.29, 0.717) is 27.5 Å². The first kappa shape index (κ1) is 19.2. The van der Waals surface area contributed by atoms with Crippen LogP contribution in [0.15, 0.2) is 76.1 Å². The van der Waals surface area contributed by atoms with Crippen molar-refractivity contribution in [2.45, 2.75) is 6.92 Å². The monoisotopic (exact) mass is 393 g/mol. The van der Waals surface area contributed by atoms with Gasteiger partial charge in [0.2, 0.25) is 0 Å². The van der Waals surface area contributed by atoms with Crippen molar-refractivity contribution in [1.29, 1.82) is 0 Å². The third-order valence-electron chi connectivity index (χ3n) is 3.68. The number of pyridine rings is 1. The maximum atomic E-state index is 12.0. The van der Waals surface area contributed by atoms with Crippen LogP contribution < -0.4 is 5.43 Å². The van der Waals surface area contributed by atoms with E-state index in [9.17, 15) is 9.90 Å². The van der Waals surface area contributed by atoms with E-state index >= 15 is 0 Å².